The second-order valence-corrected chi connectivity index (χ2v) is 7.93. The number of hydrogen-bond acceptors (Lipinski definition) is 5. The molecule has 6 heteroatoms. The quantitative estimate of drug-likeness (QED) is 0.861. The summed E-state index contributed by atoms with van der Waals surface area (Å²) in [6, 6.07) is 5.38. The van der Waals surface area contributed by atoms with Gasteiger partial charge in [0.15, 0.2) is 0 Å². The predicted molar refractivity (Wildman–Crippen MR) is 102 cm³/mol. The van der Waals surface area contributed by atoms with Crippen LogP contribution in [0.1, 0.15) is 58.2 Å². The van der Waals surface area contributed by atoms with E-state index in [0.29, 0.717) is 24.8 Å². The number of aromatic nitrogens is 1. The van der Waals surface area contributed by atoms with Crippen molar-refractivity contribution in [2.75, 3.05) is 18.8 Å². The van der Waals surface area contributed by atoms with E-state index in [9.17, 15) is 4.79 Å². The van der Waals surface area contributed by atoms with Gasteiger partial charge >= 0.3 is 6.09 Å². The highest BCUT2D eigenvalue weighted by Gasteiger charge is 2.27. The highest BCUT2D eigenvalue weighted by molar-refractivity contribution is 5.70. The predicted octanol–water partition coefficient (Wildman–Crippen LogP) is 3.98. The number of hydrogen-bond donors (Lipinski definition) is 1. The maximum absolute atomic E-state index is 12.6. The smallest absolute Gasteiger partial charge is 0.410 e. The first-order chi connectivity index (χ1) is 12.2. The van der Waals surface area contributed by atoms with Gasteiger partial charge in [0.1, 0.15) is 23.2 Å². The van der Waals surface area contributed by atoms with Gasteiger partial charge in [0, 0.05) is 18.7 Å². The summed E-state index contributed by atoms with van der Waals surface area (Å²) in [5, 5.41) is 8.88. The van der Waals surface area contributed by atoms with Crippen molar-refractivity contribution in [2.45, 2.75) is 52.6 Å². The van der Waals surface area contributed by atoms with Gasteiger partial charge < -0.3 is 15.4 Å². The number of ether oxygens (including phenoxy) is 1. The van der Waals surface area contributed by atoms with Crippen molar-refractivity contribution in [1.29, 1.82) is 5.26 Å². The van der Waals surface area contributed by atoms with Crippen LogP contribution in [0.5, 0.6) is 0 Å². The van der Waals surface area contributed by atoms with Crippen LogP contribution in [0.2, 0.25) is 0 Å². The summed E-state index contributed by atoms with van der Waals surface area (Å²) in [6.07, 6.45) is 5.17. The molecule has 2 rings (SSSR count). The Hall–Kier alpha value is -2.55. The van der Waals surface area contributed by atoms with E-state index in [2.05, 4.69) is 4.98 Å². The molecule has 0 unspecified atom stereocenters. The zero-order valence-electron chi connectivity index (χ0n) is 16.1. The summed E-state index contributed by atoms with van der Waals surface area (Å²) in [5.41, 5.74) is 7.41. The average molecular weight is 356 g/mol. The summed E-state index contributed by atoms with van der Waals surface area (Å²) in [4.78, 5) is 18.4. The fourth-order valence-electron chi connectivity index (χ4n) is 2.80. The van der Waals surface area contributed by atoms with E-state index < -0.39 is 5.60 Å². The molecule has 1 fully saturated rings. The summed E-state index contributed by atoms with van der Waals surface area (Å²) < 4.78 is 5.56. The Kier molecular flexibility index (Phi) is 6.25. The summed E-state index contributed by atoms with van der Waals surface area (Å²) in [5.74, 6) is 0.864. The molecule has 140 valence electrons. The monoisotopic (exact) mass is 356 g/mol. The highest BCUT2D eigenvalue weighted by atomic mass is 16.6. The Morgan fingerprint density at radius 1 is 1.46 bits per heavy atom. The van der Waals surface area contributed by atoms with Crippen molar-refractivity contribution in [3.05, 3.63) is 29.0 Å². The average Bonchev–Trinajstić information content (AvgIpc) is 2.49. The van der Waals surface area contributed by atoms with E-state index >= 15 is 0 Å². The molecule has 1 aromatic heterocycles. The molecule has 1 amide bonds. The third-order valence-electron chi connectivity index (χ3n) is 4.27. The van der Waals surface area contributed by atoms with Crippen molar-refractivity contribution < 1.29 is 9.53 Å². The first-order valence-corrected chi connectivity index (χ1v) is 8.99. The van der Waals surface area contributed by atoms with Crippen LogP contribution in [0.3, 0.4) is 0 Å². The number of anilines is 1. The number of nitrogen functional groups attached to an aromatic ring is 1. The molecule has 1 aromatic rings. The zero-order chi connectivity index (χ0) is 19.3. The van der Waals surface area contributed by atoms with Crippen molar-refractivity contribution in [2.24, 2.45) is 5.92 Å². The Bertz CT molecular complexity index is 724. The minimum Gasteiger partial charge on any atom is -0.444 e. The molecule has 1 saturated carbocycles. The minimum absolute atomic E-state index is 0.289. The van der Waals surface area contributed by atoms with E-state index in [1.165, 1.54) is 6.42 Å². The van der Waals surface area contributed by atoms with Crippen LogP contribution in [0.25, 0.3) is 6.08 Å². The third-order valence-corrected chi connectivity index (χ3v) is 4.27. The van der Waals surface area contributed by atoms with Crippen LogP contribution in [0, 0.1) is 17.2 Å². The van der Waals surface area contributed by atoms with E-state index in [1.54, 1.807) is 17.0 Å². The molecule has 0 saturated heterocycles. The Morgan fingerprint density at radius 3 is 2.65 bits per heavy atom. The van der Waals surface area contributed by atoms with Gasteiger partial charge in [0.2, 0.25) is 0 Å². The van der Waals surface area contributed by atoms with Crippen molar-refractivity contribution >= 4 is 18.0 Å². The standard InChI is InChI=1S/C20H28N4O2/c1-14(10-16-8-9-17(11-21)23-18(16)22)12-24(13-15-6-5-7-15)19(25)26-20(2,3)4/h8-10,15H,5-7,12-13H2,1-4H3,(H2,22,23)/b14-10+. The molecule has 0 spiro atoms. The topological polar surface area (TPSA) is 92.2 Å². The number of nitriles is 1. The number of carbonyl (C=O) groups is 1. The lowest BCUT2D eigenvalue weighted by Gasteiger charge is -2.34. The Balaban J connectivity index is 2.12. The van der Waals surface area contributed by atoms with Crippen LogP contribution in [0.4, 0.5) is 10.6 Å². The maximum Gasteiger partial charge on any atom is 0.410 e. The van der Waals surface area contributed by atoms with Crippen molar-refractivity contribution in [3.63, 3.8) is 0 Å². The van der Waals surface area contributed by atoms with Gasteiger partial charge in [0.05, 0.1) is 0 Å². The molecule has 1 aliphatic carbocycles. The number of nitrogens with two attached hydrogens (primary N) is 1. The summed E-state index contributed by atoms with van der Waals surface area (Å²) in [7, 11) is 0. The Labute approximate surface area is 155 Å². The first-order valence-electron chi connectivity index (χ1n) is 8.99. The van der Waals surface area contributed by atoms with Crippen molar-refractivity contribution in [3.8, 4) is 6.07 Å². The number of amides is 1. The molecule has 0 bridgehead atoms. The van der Waals surface area contributed by atoms with Gasteiger partial charge in [-0.1, -0.05) is 18.1 Å². The van der Waals surface area contributed by atoms with E-state index in [4.69, 9.17) is 15.7 Å². The molecule has 1 heterocycles. The van der Waals surface area contributed by atoms with Crippen LogP contribution in [-0.4, -0.2) is 34.7 Å². The molecule has 2 N–H and O–H groups in total. The van der Waals surface area contributed by atoms with Crippen LogP contribution >= 0.6 is 0 Å². The lowest BCUT2D eigenvalue weighted by atomic mass is 9.85. The molecule has 26 heavy (non-hydrogen) atoms. The lowest BCUT2D eigenvalue weighted by molar-refractivity contribution is 0.0212. The lowest BCUT2D eigenvalue weighted by Crippen LogP contribution is -2.41. The molecule has 0 atom stereocenters. The zero-order valence-corrected chi connectivity index (χ0v) is 16.1. The second-order valence-electron chi connectivity index (χ2n) is 7.93. The molecular weight excluding hydrogens is 328 g/mol. The van der Waals surface area contributed by atoms with Gasteiger partial charge in [-0.25, -0.2) is 9.78 Å². The second kappa shape index (κ2) is 8.22. The molecule has 6 nitrogen and oxygen atoms in total. The number of carbonyl (C=O) groups excluding carboxylic acids is 1. The highest BCUT2D eigenvalue weighted by Crippen LogP contribution is 2.28. The fraction of sp³-hybridized carbons (Fsp3) is 0.550. The number of nitrogens with zero attached hydrogens (tertiary/aromatic N) is 3. The summed E-state index contributed by atoms with van der Waals surface area (Å²) in [6.45, 7) is 8.76. The van der Waals surface area contributed by atoms with Gasteiger partial charge in [-0.3, -0.25) is 0 Å². The molecule has 0 aromatic carbocycles. The van der Waals surface area contributed by atoms with Crippen molar-refractivity contribution in [1.82, 2.24) is 9.88 Å². The largest absolute Gasteiger partial charge is 0.444 e. The minimum atomic E-state index is -0.520. The van der Waals surface area contributed by atoms with E-state index in [0.717, 1.165) is 24.0 Å². The maximum atomic E-state index is 12.6. The normalized spacial score (nSPS) is 15.1. The van der Waals surface area contributed by atoms with E-state index in [1.807, 2.05) is 39.8 Å². The number of rotatable bonds is 5. The molecule has 0 aliphatic heterocycles. The summed E-state index contributed by atoms with van der Waals surface area (Å²) >= 11 is 0. The fourth-order valence-corrected chi connectivity index (χ4v) is 2.80. The molecular formula is C20H28N4O2. The van der Waals surface area contributed by atoms with Gasteiger partial charge in [-0.05, 0) is 58.6 Å². The number of pyridine rings is 1. The SMILES string of the molecule is C/C(=C\c1ccc(C#N)nc1N)CN(CC1CCC1)C(=O)OC(C)(C)C. The third kappa shape index (κ3) is 5.76. The van der Waals surface area contributed by atoms with Crippen LogP contribution in [-0.2, 0) is 4.74 Å². The van der Waals surface area contributed by atoms with E-state index in [-0.39, 0.29) is 11.8 Å². The van der Waals surface area contributed by atoms with Gasteiger partial charge in [-0.2, -0.15) is 5.26 Å². The van der Waals surface area contributed by atoms with Gasteiger partial charge in [-0.15, -0.1) is 0 Å². The van der Waals surface area contributed by atoms with Crippen LogP contribution in [0.15, 0.2) is 17.7 Å². The molecule has 0 radical (unpaired) electrons. The van der Waals surface area contributed by atoms with Gasteiger partial charge in [0.25, 0.3) is 0 Å². The Morgan fingerprint density at radius 2 is 2.15 bits per heavy atom. The van der Waals surface area contributed by atoms with Crippen LogP contribution < -0.4 is 5.73 Å². The molecule has 1 aliphatic rings. The first kappa shape index (κ1) is 19.8.